The molecule has 0 N–H and O–H groups in total. The maximum atomic E-state index is 10.9. The fraction of sp³-hybridized carbons (Fsp3) is 0.750. The van der Waals surface area contributed by atoms with Crippen LogP contribution in [0.4, 0.5) is 0 Å². The molecular formula is C12H21O3-. The van der Waals surface area contributed by atoms with E-state index in [0.717, 1.165) is 18.9 Å². The van der Waals surface area contributed by atoms with E-state index in [1.807, 2.05) is 0 Å². The highest BCUT2D eigenvalue weighted by molar-refractivity contribution is 5.82. The molecule has 0 aliphatic rings. The summed E-state index contributed by atoms with van der Waals surface area (Å²) in [5.74, 6) is -0.779. The van der Waals surface area contributed by atoms with Crippen molar-refractivity contribution in [1.29, 1.82) is 0 Å². The molecule has 0 unspecified atom stereocenters. The van der Waals surface area contributed by atoms with Gasteiger partial charge in [0.1, 0.15) is 0 Å². The number of esters is 1. The number of hydrogen-bond donors (Lipinski definition) is 0. The molecule has 3 nitrogen and oxygen atoms in total. The van der Waals surface area contributed by atoms with E-state index in [-0.39, 0.29) is 5.76 Å². The predicted molar refractivity (Wildman–Crippen MR) is 58.1 cm³/mol. The van der Waals surface area contributed by atoms with Crippen LogP contribution in [-0.2, 0) is 9.53 Å². The third kappa shape index (κ3) is 10.9. The predicted octanol–water partition coefficient (Wildman–Crippen LogP) is 2.15. The largest absolute Gasteiger partial charge is 0.875 e. The summed E-state index contributed by atoms with van der Waals surface area (Å²) in [4.78, 5) is 10.9. The lowest BCUT2D eigenvalue weighted by molar-refractivity contribution is -0.301. The first-order chi connectivity index (χ1) is 7.16. The van der Waals surface area contributed by atoms with Gasteiger partial charge in [-0.05, 0) is 6.42 Å². The van der Waals surface area contributed by atoms with E-state index in [2.05, 4.69) is 6.92 Å². The zero-order valence-electron chi connectivity index (χ0n) is 9.75. The van der Waals surface area contributed by atoms with Crippen LogP contribution in [0.1, 0.15) is 52.4 Å². The Hall–Kier alpha value is -0.990. The normalized spacial score (nSPS) is 11.5. The maximum Gasteiger partial charge on any atom is 0.329 e. The molecular weight excluding hydrogens is 192 g/mol. The highest BCUT2D eigenvalue weighted by atomic mass is 16.5. The average Bonchev–Trinajstić information content (AvgIpc) is 2.15. The number of allylic oxidation sites excluding steroid dienone is 1. The Balaban J connectivity index is 3.24. The van der Waals surface area contributed by atoms with Gasteiger partial charge >= 0.3 is 5.97 Å². The number of carbonyl (C=O) groups excluding carboxylic acids is 1. The van der Waals surface area contributed by atoms with Gasteiger partial charge in [-0.15, -0.1) is 5.76 Å². The van der Waals surface area contributed by atoms with Crippen molar-refractivity contribution in [3.63, 3.8) is 0 Å². The van der Waals surface area contributed by atoms with Gasteiger partial charge in [0.25, 0.3) is 0 Å². The third-order valence-electron chi connectivity index (χ3n) is 2.06. The molecule has 0 amide bonds. The molecule has 0 aliphatic carbocycles. The van der Waals surface area contributed by atoms with Crippen LogP contribution in [0.15, 0.2) is 11.8 Å². The fourth-order valence-corrected chi connectivity index (χ4v) is 1.26. The van der Waals surface area contributed by atoms with Gasteiger partial charge in [-0.1, -0.05) is 46.0 Å². The first kappa shape index (κ1) is 14.0. The van der Waals surface area contributed by atoms with Gasteiger partial charge in [0, 0.05) is 6.08 Å². The molecule has 0 saturated heterocycles. The molecule has 0 spiro atoms. The van der Waals surface area contributed by atoms with Gasteiger partial charge in [-0.2, -0.15) is 0 Å². The summed E-state index contributed by atoms with van der Waals surface area (Å²) in [5.41, 5.74) is 0. The molecule has 0 aromatic carbocycles. The lowest BCUT2D eigenvalue weighted by atomic mass is 10.1. The van der Waals surface area contributed by atoms with Crippen LogP contribution in [0.2, 0.25) is 0 Å². The third-order valence-corrected chi connectivity index (χ3v) is 2.06. The van der Waals surface area contributed by atoms with Crippen LogP contribution >= 0.6 is 0 Å². The molecule has 3 heteroatoms. The van der Waals surface area contributed by atoms with Crippen molar-refractivity contribution < 1.29 is 14.6 Å². The van der Waals surface area contributed by atoms with E-state index < -0.39 is 5.97 Å². The Morgan fingerprint density at radius 3 is 2.40 bits per heavy atom. The number of rotatable bonds is 8. The molecule has 0 atom stereocenters. The topological polar surface area (TPSA) is 49.4 Å². The molecule has 88 valence electrons. The fourth-order valence-electron chi connectivity index (χ4n) is 1.26. The Kier molecular flexibility index (Phi) is 8.93. The molecule has 0 aromatic rings. The highest BCUT2D eigenvalue weighted by Gasteiger charge is 1.96. The summed E-state index contributed by atoms with van der Waals surface area (Å²) in [6.07, 6.45) is 7.93. The maximum absolute atomic E-state index is 10.9. The molecule has 0 aromatic heterocycles. The zero-order chi connectivity index (χ0) is 11.5. The second-order valence-electron chi connectivity index (χ2n) is 3.69. The average molecular weight is 213 g/mol. The summed E-state index contributed by atoms with van der Waals surface area (Å²) >= 11 is 0. The van der Waals surface area contributed by atoms with Crippen molar-refractivity contribution in [1.82, 2.24) is 0 Å². The summed E-state index contributed by atoms with van der Waals surface area (Å²) < 4.78 is 4.84. The molecule has 0 aliphatic heterocycles. The van der Waals surface area contributed by atoms with Gasteiger partial charge in [0.05, 0.1) is 6.61 Å². The molecule has 0 fully saturated rings. The molecule has 0 rings (SSSR count). The van der Waals surface area contributed by atoms with Crippen molar-refractivity contribution in [2.24, 2.45) is 0 Å². The number of hydrogen-bond acceptors (Lipinski definition) is 3. The Morgan fingerprint density at radius 2 is 1.80 bits per heavy atom. The molecule has 15 heavy (non-hydrogen) atoms. The minimum Gasteiger partial charge on any atom is -0.875 e. The van der Waals surface area contributed by atoms with Crippen molar-refractivity contribution in [3.05, 3.63) is 11.8 Å². The van der Waals surface area contributed by atoms with Crippen molar-refractivity contribution in [2.75, 3.05) is 6.61 Å². The van der Waals surface area contributed by atoms with E-state index in [1.54, 1.807) is 0 Å². The first-order valence-electron chi connectivity index (χ1n) is 5.69. The number of ether oxygens (including phenoxy) is 1. The second-order valence-corrected chi connectivity index (χ2v) is 3.69. The SMILES string of the molecule is CCCCCCCCOC(=O)/C=C(/C)[O-]. The quantitative estimate of drug-likeness (QED) is 0.269. The van der Waals surface area contributed by atoms with Crippen LogP contribution in [0.3, 0.4) is 0 Å². The van der Waals surface area contributed by atoms with Gasteiger partial charge in [-0.25, -0.2) is 4.79 Å². The monoisotopic (exact) mass is 213 g/mol. The van der Waals surface area contributed by atoms with Crippen molar-refractivity contribution in [3.8, 4) is 0 Å². The Bertz CT molecular complexity index is 193. The summed E-state index contributed by atoms with van der Waals surface area (Å²) in [6, 6.07) is 0. The van der Waals surface area contributed by atoms with Crippen LogP contribution in [0.25, 0.3) is 0 Å². The lowest BCUT2D eigenvalue weighted by Gasteiger charge is -2.05. The van der Waals surface area contributed by atoms with Gasteiger partial charge in [-0.3, -0.25) is 0 Å². The molecule has 0 radical (unpaired) electrons. The smallest absolute Gasteiger partial charge is 0.329 e. The number of unbranched alkanes of at least 4 members (excludes halogenated alkanes) is 5. The molecule has 0 bridgehead atoms. The number of carbonyl (C=O) groups is 1. The van der Waals surface area contributed by atoms with Gasteiger partial charge < -0.3 is 9.84 Å². The van der Waals surface area contributed by atoms with Crippen LogP contribution in [0.5, 0.6) is 0 Å². The second kappa shape index (κ2) is 9.56. The van der Waals surface area contributed by atoms with E-state index in [9.17, 15) is 9.90 Å². The van der Waals surface area contributed by atoms with E-state index in [4.69, 9.17) is 4.74 Å². The molecule has 0 saturated carbocycles. The van der Waals surface area contributed by atoms with E-state index in [0.29, 0.717) is 6.61 Å². The highest BCUT2D eigenvalue weighted by Crippen LogP contribution is 2.04. The van der Waals surface area contributed by atoms with Crippen molar-refractivity contribution >= 4 is 5.97 Å². The lowest BCUT2D eigenvalue weighted by Crippen LogP contribution is -2.07. The standard InChI is InChI=1S/C12H22O3/c1-3-4-5-6-7-8-9-15-12(14)10-11(2)13/h10,13H,3-9H2,1-2H3/p-1/b11-10-. The summed E-state index contributed by atoms with van der Waals surface area (Å²) in [6.45, 7) is 3.94. The zero-order valence-corrected chi connectivity index (χ0v) is 9.75. The van der Waals surface area contributed by atoms with Crippen LogP contribution < -0.4 is 5.11 Å². The Labute approximate surface area is 92.1 Å². The first-order valence-corrected chi connectivity index (χ1v) is 5.69. The van der Waals surface area contributed by atoms with Gasteiger partial charge in [0.2, 0.25) is 0 Å². The minimum atomic E-state index is -0.518. The van der Waals surface area contributed by atoms with Gasteiger partial charge in [0.15, 0.2) is 0 Å². The van der Waals surface area contributed by atoms with Crippen LogP contribution in [-0.4, -0.2) is 12.6 Å². The summed E-state index contributed by atoms with van der Waals surface area (Å²) in [7, 11) is 0. The summed E-state index contributed by atoms with van der Waals surface area (Å²) in [5, 5.41) is 10.5. The van der Waals surface area contributed by atoms with E-state index in [1.165, 1.54) is 32.6 Å². The minimum absolute atomic E-state index is 0.261. The van der Waals surface area contributed by atoms with Crippen molar-refractivity contribution in [2.45, 2.75) is 52.4 Å². The van der Waals surface area contributed by atoms with E-state index >= 15 is 0 Å². The molecule has 0 heterocycles. The van der Waals surface area contributed by atoms with Crippen LogP contribution in [0, 0.1) is 0 Å². The Morgan fingerprint density at radius 1 is 1.20 bits per heavy atom.